The molecule has 0 fully saturated rings. The van der Waals surface area contributed by atoms with Crippen LogP contribution in [0, 0.1) is 0 Å². The van der Waals surface area contributed by atoms with Crippen LogP contribution in [0.3, 0.4) is 0 Å². The number of aliphatic imine (C=N–C) groups is 1. The molecule has 4 nitrogen and oxygen atoms in total. The van der Waals surface area contributed by atoms with Gasteiger partial charge in [0, 0.05) is 0 Å². The van der Waals surface area contributed by atoms with Crippen molar-refractivity contribution in [2.75, 3.05) is 11.9 Å². The van der Waals surface area contributed by atoms with Crippen LogP contribution in [0.5, 0.6) is 0 Å². The van der Waals surface area contributed by atoms with Crippen LogP contribution in [0.1, 0.15) is 19.4 Å². The molecule has 1 N–H and O–H groups in total. The Labute approximate surface area is 128 Å². The molecule has 2 aromatic rings. The number of nitrogens with one attached hydrogen (secondary N) is 1. The lowest BCUT2D eigenvalue weighted by Crippen LogP contribution is -2.17. The Morgan fingerprint density at radius 1 is 1.14 bits per heavy atom. The first-order chi connectivity index (χ1) is 10.0. The highest BCUT2D eigenvalue weighted by molar-refractivity contribution is 6.29. The number of pyridine rings is 1. The van der Waals surface area contributed by atoms with Gasteiger partial charge in [0.25, 0.3) is 0 Å². The van der Waals surface area contributed by atoms with Crippen LogP contribution >= 0.6 is 11.6 Å². The van der Waals surface area contributed by atoms with Crippen molar-refractivity contribution in [2.24, 2.45) is 4.99 Å². The van der Waals surface area contributed by atoms with Crippen molar-refractivity contribution in [2.45, 2.75) is 19.4 Å². The van der Waals surface area contributed by atoms with Gasteiger partial charge in [-0.15, -0.1) is 0 Å². The average molecular weight is 302 g/mol. The maximum absolute atomic E-state index is 5.92. The lowest BCUT2D eigenvalue weighted by molar-refractivity contribution is 0.279. The van der Waals surface area contributed by atoms with Gasteiger partial charge in [0.15, 0.2) is 0 Å². The SMILES string of the molecule is CC1(C)COC(c2ccccc2Nc2cccc(Cl)n2)=N1. The smallest absolute Gasteiger partial charge is 0.218 e. The Morgan fingerprint density at radius 2 is 1.95 bits per heavy atom. The van der Waals surface area contributed by atoms with Crippen molar-refractivity contribution in [1.82, 2.24) is 4.98 Å². The summed E-state index contributed by atoms with van der Waals surface area (Å²) in [5.41, 5.74) is 1.63. The first kappa shape index (κ1) is 13.9. The van der Waals surface area contributed by atoms with Gasteiger partial charge in [-0.2, -0.15) is 0 Å². The summed E-state index contributed by atoms with van der Waals surface area (Å²) in [6.07, 6.45) is 0. The van der Waals surface area contributed by atoms with E-state index in [-0.39, 0.29) is 5.54 Å². The molecule has 0 bridgehead atoms. The van der Waals surface area contributed by atoms with Crippen LogP contribution in [0.4, 0.5) is 11.5 Å². The molecule has 5 heteroatoms. The van der Waals surface area contributed by atoms with Gasteiger partial charge in [-0.25, -0.2) is 9.98 Å². The molecule has 0 aliphatic carbocycles. The van der Waals surface area contributed by atoms with Crippen LogP contribution in [0.2, 0.25) is 5.15 Å². The second-order valence-electron chi connectivity index (χ2n) is 5.53. The molecule has 1 aromatic heterocycles. The van der Waals surface area contributed by atoms with Gasteiger partial charge in [-0.3, -0.25) is 0 Å². The number of rotatable bonds is 3. The minimum atomic E-state index is -0.184. The van der Waals surface area contributed by atoms with E-state index < -0.39 is 0 Å². The quantitative estimate of drug-likeness (QED) is 0.871. The molecule has 0 atom stereocenters. The molecule has 0 saturated carbocycles. The lowest BCUT2D eigenvalue weighted by Gasteiger charge is -2.11. The van der Waals surface area contributed by atoms with Crippen molar-refractivity contribution in [3.63, 3.8) is 0 Å². The van der Waals surface area contributed by atoms with Crippen molar-refractivity contribution in [3.05, 3.63) is 53.2 Å². The highest BCUT2D eigenvalue weighted by Gasteiger charge is 2.28. The molecule has 1 aliphatic heterocycles. The number of halogens is 1. The fourth-order valence-corrected chi connectivity index (χ4v) is 2.28. The van der Waals surface area contributed by atoms with E-state index >= 15 is 0 Å². The molecule has 0 radical (unpaired) electrons. The Morgan fingerprint density at radius 3 is 2.67 bits per heavy atom. The van der Waals surface area contributed by atoms with E-state index in [1.807, 2.05) is 36.4 Å². The number of aromatic nitrogens is 1. The fraction of sp³-hybridized carbons (Fsp3) is 0.250. The van der Waals surface area contributed by atoms with E-state index in [1.54, 1.807) is 6.07 Å². The van der Waals surface area contributed by atoms with Crippen LogP contribution in [0.15, 0.2) is 47.5 Å². The molecule has 3 rings (SSSR count). The van der Waals surface area contributed by atoms with Crippen molar-refractivity contribution in [1.29, 1.82) is 0 Å². The van der Waals surface area contributed by atoms with E-state index in [4.69, 9.17) is 16.3 Å². The third kappa shape index (κ3) is 3.16. The third-order valence-electron chi connectivity index (χ3n) is 3.10. The number of para-hydroxylation sites is 1. The van der Waals surface area contributed by atoms with Gasteiger partial charge in [-0.05, 0) is 38.1 Å². The molecular formula is C16H16ClN3O. The minimum Gasteiger partial charge on any atom is -0.475 e. The summed E-state index contributed by atoms with van der Waals surface area (Å²) in [6.45, 7) is 4.69. The summed E-state index contributed by atoms with van der Waals surface area (Å²) in [6, 6.07) is 13.3. The zero-order valence-corrected chi connectivity index (χ0v) is 12.7. The average Bonchev–Trinajstić information content (AvgIpc) is 2.80. The van der Waals surface area contributed by atoms with E-state index in [0.29, 0.717) is 23.5 Å². The predicted octanol–water partition coefficient (Wildman–Crippen LogP) is 4.03. The molecule has 21 heavy (non-hydrogen) atoms. The summed E-state index contributed by atoms with van der Waals surface area (Å²) >= 11 is 5.92. The molecule has 108 valence electrons. The first-order valence-electron chi connectivity index (χ1n) is 6.75. The number of hydrogen-bond acceptors (Lipinski definition) is 4. The highest BCUT2D eigenvalue weighted by Crippen LogP contribution is 2.26. The first-order valence-corrected chi connectivity index (χ1v) is 7.13. The monoisotopic (exact) mass is 301 g/mol. The zero-order valence-electron chi connectivity index (χ0n) is 11.9. The van der Waals surface area contributed by atoms with Gasteiger partial charge < -0.3 is 10.1 Å². The lowest BCUT2D eigenvalue weighted by atomic mass is 10.1. The molecule has 0 saturated heterocycles. The molecule has 2 heterocycles. The second kappa shape index (κ2) is 5.37. The van der Waals surface area contributed by atoms with E-state index in [0.717, 1.165) is 11.3 Å². The second-order valence-corrected chi connectivity index (χ2v) is 5.92. The predicted molar refractivity (Wildman–Crippen MR) is 85.5 cm³/mol. The van der Waals surface area contributed by atoms with Crippen LogP contribution in [-0.4, -0.2) is 23.0 Å². The Kier molecular flexibility index (Phi) is 3.55. The van der Waals surface area contributed by atoms with Gasteiger partial charge in [0.05, 0.1) is 16.8 Å². The Hall–Kier alpha value is -2.07. The zero-order chi connectivity index (χ0) is 14.9. The highest BCUT2D eigenvalue weighted by atomic mass is 35.5. The van der Waals surface area contributed by atoms with Gasteiger partial charge in [0.1, 0.15) is 17.6 Å². The van der Waals surface area contributed by atoms with Crippen LogP contribution in [-0.2, 0) is 4.74 Å². The molecular weight excluding hydrogens is 286 g/mol. The summed E-state index contributed by atoms with van der Waals surface area (Å²) in [7, 11) is 0. The van der Waals surface area contributed by atoms with E-state index in [1.165, 1.54) is 0 Å². The van der Waals surface area contributed by atoms with E-state index in [9.17, 15) is 0 Å². The van der Waals surface area contributed by atoms with Crippen molar-refractivity contribution >= 4 is 29.0 Å². The van der Waals surface area contributed by atoms with Crippen molar-refractivity contribution in [3.8, 4) is 0 Å². The van der Waals surface area contributed by atoms with Crippen LogP contribution < -0.4 is 5.32 Å². The molecule has 1 aromatic carbocycles. The maximum Gasteiger partial charge on any atom is 0.218 e. The third-order valence-corrected chi connectivity index (χ3v) is 3.31. The summed E-state index contributed by atoms with van der Waals surface area (Å²) < 4.78 is 5.72. The topological polar surface area (TPSA) is 46.5 Å². The number of ether oxygens (including phenoxy) is 1. The summed E-state index contributed by atoms with van der Waals surface area (Å²) in [5, 5.41) is 3.71. The molecule has 0 amide bonds. The van der Waals surface area contributed by atoms with Crippen LogP contribution in [0.25, 0.3) is 0 Å². The normalized spacial score (nSPS) is 16.2. The molecule has 0 unspecified atom stereocenters. The maximum atomic E-state index is 5.92. The van der Waals surface area contributed by atoms with E-state index in [2.05, 4.69) is 29.1 Å². The number of benzene rings is 1. The van der Waals surface area contributed by atoms with Gasteiger partial charge >= 0.3 is 0 Å². The van der Waals surface area contributed by atoms with Crippen molar-refractivity contribution < 1.29 is 4.74 Å². The fourth-order valence-electron chi connectivity index (χ4n) is 2.12. The Balaban J connectivity index is 1.94. The summed E-state index contributed by atoms with van der Waals surface area (Å²) in [4.78, 5) is 8.86. The minimum absolute atomic E-state index is 0.184. The Bertz CT molecular complexity index is 697. The number of nitrogens with zero attached hydrogens (tertiary/aromatic N) is 2. The summed E-state index contributed by atoms with van der Waals surface area (Å²) in [5.74, 6) is 1.35. The van der Waals surface area contributed by atoms with Gasteiger partial charge in [0.2, 0.25) is 5.90 Å². The largest absolute Gasteiger partial charge is 0.475 e. The molecule has 0 spiro atoms. The standard InChI is InChI=1S/C16H16ClN3O/c1-16(2)10-21-15(20-16)11-6-3-4-7-12(11)18-14-9-5-8-13(17)19-14/h3-9H,10H2,1-2H3,(H,18,19). The number of hydrogen-bond donors (Lipinski definition) is 1. The molecule has 1 aliphatic rings. The number of anilines is 2. The van der Waals surface area contributed by atoms with Gasteiger partial charge in [-0.1, -0.05) is 29.8 Å².